The minimum atomic E-state index is -0.108. The highest BCUT2D eigenvalue weighted by Crippen LogP contribution is 2.19. The third kappa shape index (κ3) is 5.20. The van der Waals surface area contributed by atoms with Crippen molar-refractivity contribution in [3.63, 3.8) is 0 Å². The summed E-state index contributed by atoms with van der Waals surface area (Å²) in [5.41, 5.74) is 1.55. The second kappa shape index (κ2) is 8.11. The van der Waals surface area contributed by atoms with Crippen molar-refractivity contribution in [2.75, 3.05) is 13.2 Å². The highest BCUT2D eigenvalue weighted by molar-refractivity contribution is 5.95. The number of ether oxygens (including phenoxy) is 1. The quantitative estimate of drug-likeness (QED) is 0.755. The normalized spacial score (nSPS) is 20.2. The van der Waals surface area contributed by atoms with Crippen LogP contribution in [0.3, 0.4) is 0 Å². The van der Waals surface area contributed by atoms with Crippen molar-refractivity contribution >= 4 is 17.9 Å². The van der Waals surface area contributed by atoms with E-state index >= 15 is 0 Å². The van der Waals surface area contributed by atoms with Gasteiger partial charge in [0.2, 0.25) is 5.91 Å². The molecule has 1 saturated carbocycles. The first-order valence-corrected chi connectivity index (χ1v) is 8.69. The Balaban J connectivity index is 1.41. The van der Waals surface area contributed by atoms with Gasteiger partial charge in [0.05, 0.1) is 6.10 Å². The molecule has 1 aromatic carbocycles. The van der Waals surface area contributed by atoms with E-state index in [1.807, 2.05) is 12.1 Å². The van der Waals surface area contributed by atoms with Crippen LogP contribution in [0.15, 0.2) is 30.3 Å². The molecular weight excluding hydrogens is 304 g/mol. The molecule has 2 fully saturated rings. The molecule has 1 unspecified atom stereocenters. The van der Waals surface area contributed by atoms with Crippen LogP contribution in [-0.2, 0) is 9.53 Å². The third-order valence-electron chi connectivity index (χ3n) is 4.30. The largest absolute Gasteiger partial charge is 0.378 e. The standard InChI is InChI=1S/C19H24N2O3/c22-18(20-12-11-17-2-1-13-24-17)10-5-14-3-6-15(7-4-14)19(23)21-16-8-9-16/h3-7,10,16-17H,1-2,8-9,11-13H2,(H,20,22)(H,21,23). The molecule has 2 amide bonds. The van der Waals surface area contributed by atoms with Crippen LogP contribution >= 0.6 is 0 Å². The van der Waals surface area contributed by atoms with Gasteiger partial charge in [0, 0.05) is 30.8 Å². The Labute approximate surface area is 142 Å². The first kappa shape index (κ1) is 16.7. The molecule has 1 aliphatic heterocycles. The van der Waals surface area contributed by atoms with E-state index in [4.69, 9.17) is 4.74 Å². The van der Waals surface area contributed by atoms with E-state index in [0.717, 1.165) is 44.3 Å². The van der Waals surface area contributed by atoms with Crippen LogP contribution < -0.4 is 10.6 Å². The first-order valence-electron chi connectivity index (χ1n) is 8.69. The van der Waals surface area contributed by atoms with E-state index in [9.17, 15) is 9.59 Å². The number of rotatable bonds is 7. The Kier molecular flexibility index (Phi) is 5.64. The van der Waals surface area contributed by atoms with Gasteiger partial charge in [0.25, 0.3) is 5.91 Å². The molecule has 3 rings (SSSR count). The van der Waals surface area contributed by atoms with Crippen molar-refractivity contribution in [3.05, 3.63) is 41.5 Å². The van der Waals surface area contributed by atoms with Gasteiger partial charge in [-0.2, -0.15) is 0 Å². The number of carbonyl (C=O) groups is 2. The molecule has 0 aromatic heterocycles. The predicted molar refractivity (Wildman–Crippen MR) is 92.6 cm³/mol. The summed E-state index contributed by atoms with van der Waals surface area (Å²) in [6.45, 7) is 1.47. The molecule has 5 nitrogen and oxygen atoms in total. The molecule has 0 radical (unpaired) electrons. The smallest absolute Gasteiger partial charge is 0.251 e. The summed E-state index contributed by atoms with van der Waals surface area (Å²) in [7, 11) is 0. The maximum Gasteiger partial charge on any atom is 0.251 e. The zero-order chi connectivity index (χ0) is 16.8. The average Bonchev–Trinajstić information content (AvgIpc) is 3.25. The minimum absolute atomic E-state index is 0.0279. The highest BCUT2D eigenvalue weighted by atomic mass is 16.5. The van der Waals surface area contributed by atoms with Gasteiger partial charge >= 0.3 is 0 Å². The molecule has 1 atom stereocenters. The lowest BCUT2D eigenvalue weighted by Crippen LogP contribution is -2.25. The van der Waals surface area contributed by atoms with E-state index in [0.29, 0.717) is 24.3 Å². The fraction of sp³-hybridized carbons (Fsp3) is 0.474. The SMILES string of the molecule is O=C(C=Cc1ccc(C(=O)NC2CC2)cc1)NCCC1CCCO1. The number of hydrogen-bond acceptors (Lipinski definition) is 3. The van der Waals surface area contributed by atoms with Crippen molar-refractivity contribution in [2.24, 2.45) is 0 Å². The van der Waals surface area contributed by atoms with Crippen LogP contribution in [0.5, 0.6) is 0 Å². The molecule has 2 N–H and O–H groups in total. The molecule has 1 aromatic rings. The van der Waals surface area contributed by atoms with E-state index in [1.165, 1.54) is 6.08 Å². The highest BCUT2D eigenvalue weighted by Gasteiger charge is 2.23. The molecule has 128 valence electrons. The van der Waals surface area contributed by atoms with Gasteiger partial charge < -0.3 is 15.4 Å². The van der Waals surface area contributed by atoms with Gasteiger partial charge in [-0.3, -0.25) is 9.59 Å². The van der Waals surface area contributed by atoms with Crippen molar-refractivity contribution in [1.82, 2.24) is 10.6 Å². The predicted octanol–water partition coefficient (Wildman–Crippen LogP) is 2.28. The van der Waals surface area contributed by atoms with Crippen LogP contribution in [0, 0.1) is 0 Å². The van der Waals surface area contributed by atoms with E-state index < -0.39 is 0 Å². The van der Waals surface area contributed by atoms with Crippen molar-refractivity contribution in [2.45, 2.75) is 44.2 Å². The zero-order valence-electron chi connectivity index (χ0n) is 13.8. The van der Waals surface area contributed by atoms with Crippen molar-refractivity contribution in [1.29, 1.82) is 0 Å². The summed E-state index contributed by atoms with van der Waals surface area (Å²) in [4.78, 5) is 23.7. The molecule has 1 saturated heterocycles. The number of benzene rings is 1. The Hall–Kier alpha value is -2.14. The first-order chi connectivity index (χ1) is 11.7. The lowest BCUT2D eigenvalue weighted by atomic mass is 10.1. The van der Waals surface area contributed by atoms with Crippen LogP contribution in [-0.4, -0.2) is 37.1 Å². The number of hydrogen-bond donors (Lipinski definition) is 2. The monoisotopic (exact) mass is 328 g/mol. The van der Waals surface area contributed by atoms with Gasteiger partial charge in [-0.05, 0) is 55.9 Å². The summed E-state index contributed by atoms with van der Waals surface area (Å²) in [5.74, 6) is -0.136. The summed E-state index contributed by atoms with van der Waals surface area (Å²) in [6.07, 6.45) is 8.80. The Morgan fingerprint density at radius 3 is 2.62 bits per heavy atom. The van der Waals surface area contributed by atoms with Gasteiger partial charge in [0.15, 0.2) is 0 Å². The summed E-state index contributed by atoms with van der Waals surface area (Å²) in [6, 6.07) is 7.62. The van der Waals surface area contributed by atoms with Gasteiger partial charge in [-0.15, -0.1) is 0 Å². The Morgan fingerprint density at radius 1 is 1.17 bits per heavy atom. The molecule has 1 heterocycles. The maximum absolute atomic E-state index is 11.9. The maximum atomic E-state index is 11.9. The van der Waals surface area contributed by atoms with Crippen LogP contribution in [0.25, 0.3) is 6.08 Å². The summed E-state index contributed by atoms with van der Waals surface area (Å²) in [5, 5.41) is 5.82. The molecule has 0 spiro atoms. The molecule has 2 aliphatic rings. The number of nitrogens with one attached hydrogen (secondary N) is 2. The lowest BCUT2D eigenvalue weighted by molar-refractivity contribution is -0.116. The van der Waals surface area contributed by atoms with Crippen LogP contribution in [0.4, 0.5) is 0 Å². The summed E-state index contributed by atoms with van der Waals surface area (Å²) < 4.78 is 5.52. The van der Waals surface area contributed by atoms with E-state index in [2.05, 4.69) is 10.6 Å². The second-order valence-corrected chi connectivity index (χ2v) is 6.42. The second-order valence-electron chi connectivity index (χ2n) is 6.42. The average molecular weight is 328 g/mol. The molecule has 0 bridgehead atoms. The molecular formula is C19H24N2O3. The van der Waals surface area contributed by atoms with Crippen molar-refractivity contribution in [3.8, 4) is 0 Å². The van der Waals surface area contributed by atoms with Gasteiger partial charge in [0.1, 0.15) is 0 Å². The fourth-order valence-electron chi connectivity index (χ4n) is 2.70. The van der Waals surface area contributed by atoms with Crippen LogP contribution in [0.2, 0.25) is 0 Å². The number of amides is 2. The lowest BCUT2D eigenvalue weighted by Gasteiger charge is -2.08. The number of carbonyl (C=O) groups excluding carboxylic acids is 2. The van der Waals surface area contributed by atoms with Crippen LogP contribution in [0.1, 0.15) is 48.0 Å². The Morgan fingerprint density at radius 2 is 1.96 bits per heavy atom. The fourth-order valence-corrected chi connectivity index (χ4v) is 2.70. The van der Waals surface area contributed by atoms with Gasteiger partial charge in [-0.25, -0.2) is 0 Å². The van der Waals surface area contributed by atoms with E-state index in [1.54, 1.807) is 18.2 Å². The van der Waals surface area contributed by atoms with Gasteiger partial charge in [-0.1, -0.05) is 12.1 Å². The third-order valence-corrected chi connectivity index (χ3v) is 4.30. The topological polar surface area (TPSA) is 67.4 Å². The molecule has 24 heavy (non-hydrogen) atoms. The minimum Gasteiger partial charge on any atom is -0.378 e. The molecule has 5 heteroatoms. The summed E-state index contributed by atoms with van der Waals surface area (Å²) >= 11 is 0. The van der Waals surface area contributed by atoms with Crippen molar-refractivity contribution < 1.29 is 14.3 Å². The zero-order valence-corrected chi connectivity index (χ0v) is 13.8. The van der Waals surface area contributed by atoms with E-state index in [-0.39, 0.29) is 11.8 Å². The Bertz CT molecular complexity index is 600. The molecule has 1 aliphatic carbocycles.